The van der Waals surface area contributed by atoms with E-state index in [1.165, 1.54) is 17.6 Å². The number of rotatable bonds is 2. The predicted molar refractivity (Wildman–Crippen MR) is 61.9 cm³/mol. The van der Waals surface area contributed by atoms with Gasteiger partial charge < -0.3 is 5.73 Å². The molecule has 0 saturated heterocycles. The minimum Gasteiger partial charge on any atom is -0.375 e. The van der Waals surface area contributed by atoms with Crippen molar-refractivity contribution in [2.24, 2.45) is 10.8 Å². The van der Waals surface area contributed by atoms with Crippen LogP contribution in [0.4, 0.5) is 0 Å². The molecule has 0 saturated carbocycles. The molecule has 1 aromatic heterocycles. The third-order valence-corrected chi connectivity index (χ3v) is 2.75. The molecular weight excluding hydrogens is 249 g/mol. The zero-order valence-electron chi connectivity index (χ0n) is 6.25. The molecule has 1 aromatic rings. The van der Waals surface area contributed by atoms with Crippen LogP contribution >= 0.6 is 46.8 Å². The molecule has 0 fully saturated rings. The lowest BCUT2D eigenvalue weighted by Gasteiger charge is -1.92. The van der Waals surface area contributed by atoms with Gasteiger partial charge in [-0.3, -0.25) is 5.43 Å². The van der Waals surface area contributed by atoms with Crippen LogP contribution in [0.3, 0.4) is 0 Å². The highest BCUT2D eigenvalue weighted by molar-refractivity contribution is 7.80. The van der Waals surface area contributed by atoms with Crippen molar-refractivity contribution in [3.8, 4) is 0 Å². The SMILES string of the molecule is NC(=S)N/N=C/c1sc(Cl)cc1Cl. The lowest BCUT2D eigenvalue weighted by molar-refractivity contribution is 1.04. The molecule has 13 heavy (non-hydrogen) atoms. The minimum absolute atomic E-state index is 0.107. The lowest BCUT2D eigenvalue weighted by Crippen LogP contribution is -2.23. The Labute approximate surface area is 94.5 Å². The van der Waals surface area contributed by atoms with Crippen molar-refractivity contribution in [1.29, 1.82) is 0 Å². The number of hydrogen-bond acceptors (Lipinski definition) is 3. The van der Waals surface area contributed by atoms with Gasteiger partial charge in [-0.2, -0.15) is 5.10 Å². The van der Waals surface area contributed by atoms with E-state index >= 15 is 0 Å². The van der Waals surface area contributed by atoms with E-state index in [9.17, 15) is 0 Å². The Morgan fingerprint density at radius 1 is 1.69 bits per heavy atom. The summed E-state index contributed by atoms with van der Waals surface area (Å²) in [6, 6.07) is 1.65. The number of hydrazone groups is 1. The first-order chi connectivity index (χ1) is 6.09. The number of nitrogens with zero attached hydrogens (tertiary/aromatic N) is 1. The molecule has 3 nitrogen and oxygen atoms in total. The van der Waals surface area contributed by atoms with E-state index in [2.05, 4.69) is 22.7 Å². The number of nitrogens with one attached hydrogen (secondary N) is 1. The quantitative estimate of drug-likeness (QED) is 0.483. The molecule has 7 heteroatoms. The van der Waals surface area contributed by atoms with E-state index in [1.54, 1.807) is 6.07 Å². The maximum absolute atomic E-state index is 5.80. The molecule has 0 aliphatic rings. The van der Waals surface area contributed by atoms with Crippen LogP contribution in [-0.4, -0.2) is 11.3 Å². The van der Waals surface area contributed by atoms with Gasteiger partial charge in [0.25, 0.3) is 0 Å². The molecule has 3 N–H and O–H groups in total. The standard InChI is InChI=1S/C6H5Cl2N3S2/c7-3-1-5(8)13-4(3)2-10-11-6(9)12/h1-2H,(H3,9,11,12)/b10-2+. The van der Waals surface area contributed by atoms with Gasteiger partial charge in [0.1, 0.15) is 0 Å². The van der Waals surface area contributed by atoms with Crippen molar-refractivity contribution in [1.82, 2.24) is 5.43 Å². The van der Waals surface area contributed by atoms with Crippen LogP contribution < -0.4 is 11.2 Å². The summed E-state index contributed by atoms with van der Waals surface area (Å²) < 4.78 is 0.613. The fourth-order valence-corrected chi connectivity index (χ4v) is 2.05. The monoisotopic (exact) mass is 253 g/mol. The van der Waals surface area contributed by atoms with Crippen LogP contribution in [-0.2, 0) is 0 Å². The Bertz CT molecular complexity index is 348. The highest BCUT2D eigenvalue weighted by atomic mass is 35.5. The van der Waals surface area contributed by atoms with Gasteiger partial charge in [0, 0.05) is 0 Å². The maximum Gasteiger partial charge on any atom is 0.184 e. The van der Waals surface area contributed by atoms with Gasteiger partial charge in [-0.1, -0.05) is 23.2 Å². The summed E-state index contributed by atoms with van der Waals surface area (Å²) in [7, 11) is 0. The normalized spacial score (nSPS) is 10.6. The van der Waals surface area contributed by atoms with Crippen molar-refractivity contribution in [2.75, 3.05) is 0 Å². The summed E-state index contributed by atoms with van der Waals surface area (Å²) in [6.07, 6.45) is 1.51. The molecule has 0 radical (unpaired) electrons. The zero-order chi connectivity index (χ0) is 9.84. The average Bonchev–Trinajstić information content (AvgIpc) is 2.29. The molecular formula is C6H5Cl2N3S2. The van der Waals surface area contributed by atoms with Gasteiger partial charge >= 0.3 is 0 Å². The lowest BCUT2D eigenvalue weighted by atomic mass is 10.5. The highest BCUT2D eigenvalue weighted by Gasteiger charge is 2.02. The number of nitrogens with two attached hydrogens (primary N) is 1. The van der Waals surface area contributed by atoms with E-state index in [4.69, 9.17) is 28.9 Å². The maximum atomic E-state index is 5.80. The second-order valence-electron chi connectivity index (χ2n) is 2.00. The second kappa shape index (κ2) is 4.76. The van der Waals surface area contributed by atoms with Gasteiger partial charge in [0.15, 0.2) is 5.11 Å². The molecule has 0 amide bonds. The van der Waals surface area contributed by atoms with Crippen LogP contribution in [0, 0.1) is 0 Å². The summed E-state index contributed by atoms with van der Waals surface area (Å²) >= 11 is 17.4. The Hall–Kier alpha value is -0.360. The summed E-state index contributed by atoms with van der Waals surface area (Å²) in [6.45, 7) is 0. The van der Waals surface area contributed by atoms with Crippen LogP contribution in [0.2, 0.25) is 9.36 Å². The topological polar surface area (TPSA) is 50.4 Å². The van der Waals surface area contributed by atoms with Crippen LogP contribution in [0.15, 0.2) is 11.2 Å². The number of halogens is 2. The summed E-state index contributed by atoms with van der Waals surface area (Å²) in [4.78, 5) is 0.760. The molecule has 0 unspecified atom stereocenters. The van der Waals surface area contributed by atoms with Crippen molar-refractivity contribution >= 4 is 58.1 Å². The Morgan fingerprint density at radius 3 is 2.85 bits per heavy atom. The third-order valence-electron chi connectivity index (χ3n) is 1.04. The molecule has 0 atom stereocenters. The largest absolute Gasteiger partial charge is 0.375 e. The zero-order valence-corrected chi connectivity index (χ0v) is 9.40. The first-order valence-electron chi connectivity index (χ1n) is 3.13. The highest BCUT2D eigenvalue weighted by Crippen LogP contribution is 2.28. The van der Waals surface area contributed by atoms with Crippen molar-refractivity contribution in [2.45, 2.75) is 0 Å². The second-order valence-corrected chi connectivity index (χ2v) is 4.56. The van der Waals surface area contributed by atoms with Gasteiger partial charge in [-0.05, 0) is 18.3 Å². The fourth-order valence-electron chi connectivity index (χ4n) is 0.597. The molecule has 1 heterocycles. The molecule has 0 aliphatic heterocycles. The van der Waals surface area contributed by atoms with Crippen LogP contribution in [0.25, 0.3) is 0 Å². The van der Waals surface area contributed by atoms with Gasteiger partial charge in [-0.25, -0.2) is 0 Å². The van der Waals surface area contributed by atoms with Gasteiger partial charge in [0.2, 0.25) is 0 Å². The van der Waals surface area contributed by atoms with E-state index < -0.39 is 0 Å². The summed E-state index contributed by atoms with van der Waals surface area (Å²) in [5, 5.41) is 4.41. The molecule has 70 valence electrons. The van der Waals surface area contributed by atoms with Gasteiger partial charge in [0.05, 0.1) is 20.5 Å². The van der Waals surface area contributed by atoms with E-state index in [-0.39, 0.29) is 5.11 Å². The summed E-state index contributed by atoms with van der Waals surface area (Å²) in [5.41, 5.74) is 7.56. The van der Waals surface area contributed by atoms with Crippen LogP contribution in [0.5, 0.6) is 0 Å². The van der Waals surface area contributed by atoms with E-state index in [0.717, 1.165) is 4.88 Å². The first kappa shape index (κ1) is 10.7. The van der Waals surface area contributed by atoms with Crippen molar-refractivity contribution in [3.63, 3.8) is 0 Å². The Balaban J connectivity index is 2.68. The Morgan fingerprint density at radius 2 is 2.38 bits per heavy atom. The average molecular weight is 254 g/mol. The molecule has 0 aliphatic carbocycles. The van der Waals surface area contributed by atoms with E-state index in [1.807, 2.05) is 0 Å². The minimum atomic E-state index is 0.107. The van der Waals surface area contributed by atoms with Crippen molar-refractivity contribution in [3.05, 3.63) is 20.3 Å². The number of thiocarbonyl (C=S) groups is 1. The number of hydrogen-bond donors (Lipinski definition) is 2. The third kappa shape index (κ3) is 3.48. The Kier molecular flexibility index (Phi) is 3.92. The van der Waals surface area contributed by atoms with Gasteiger partial charge in [-0.15, -0.1) is 11.3 Å². The van der Waals surface area contributed by atoms with Crippen LogP contribution in [0.1, 0.15) is 4.88 Å². The van der Waals surface area contributed by atoms with Crippen molar-refractivity contribution < 1.29 is 0 Å². The fraction of sp³-hybridized carbons (Fsp3) is 0. The first-order valence-corrected chi connectivity index (χ1v) is 5.11. The molecule has 0 bridgehead atoms. The molecule has 0 spiro atoms. The molecule has 1 rings (SSSR count). The molecule has 0 aromatic carbocycles. The van der Waals surface area contributed by atoms with E-state index in [0.29, 0.717) is 9.36 Å². The number of thiophene rings is 1. The smallest absolute Gasteiger partial charge is 0.184 e. The summed E-state index contributed by atoms with van der Waals surface area (Å²) in [5.74, 6) is 0. The predicted octanol–water partition coefficient (Wildman–Crippen LogP) is 2.22.